The molecule has 1 radical (unpaired) electrons. The average Bonchev–Trinajstić information content (AvgIpc) is 2.14. The van der Waals surface area contributed by atoms with E-state index in [0.717, 1.165) is 0 Å². The van der Waals surface area contributed by atoms with Gasteiger partial charge in [-0.25, -0.2) is 4.57 Å². The molecule has 0 bridgehead atoms. The summed E-state index contributed by atoms with van der Waals surface area (Å²) in [6, 6.07) is 0. The van der Waals surface area contributed by atoms with Crippen LogP contribution in [0.3, 0.4) is 0 Å². The van der Waals surface area contributed by atoms with Gasteiger partial charge in [0.05, 0.1) is 0 Å². The molecule has 0 aliphatic heterocycles. The van der Waals surface area contributed by atoms with E-state index < -0.39 is 0 Å². The van der Waals surface area contributed by atoms with Gasteiger partial charge in [0.2, 0.25) is 12.7 Å². The van der Waals surface area contributed by atoms with Gasteiger partial charge in [-0.15, -0.1) is 10.2 Å². The Balaban J connectivity index is 3.09. The Morgan fingerprint density at radius 2 is 2.62 bits per heavy atom. The molecule has 0 aliphatic carbocycles. The molecule has 1 rings (SSSR count). The lowest BCUT2D eigenvalue weighted by Crippen LogP contribution is -1.94. The van der Waals surface area contributed by atoms with Gasteiger partial charge in [0.1, 0.15) is 5.82 Å². The zero-order chi connectivity index (χ0) is 5.98. The van der Waals surface area contributed by atoms with Crippen LogP contribution in [0.25, 0.3) is 0 Å². The Labute approximate surface area is 46.1 Å². The van der Waals surface area contributed by atoms with Crippen molar-refractivity contribution in [2.24, 2.45) is 0 Å². The monoisotopic (exact) mass is 110 g/mol. The predicted octanol–water partition coefficient (Wildman–Crippen LogP) is -0.575. The summed E-state index contributed by atoms with van der Waals surface area (Å²) in [5, 5.41) is 6.86. The molecule has 0 fully saturated rings. The Bertz CT molecular complexity index is 193. The molecule has 0 aliphatic rings. The number of aryl methyl sites for hydroxylation is 1. The summed E-state index contributed by atoms with van der Waals surface area (Å²) in [7, 11) is 0. The number of nitrogens with zero attached hydrogens (tertiary/aromatic N) is 3. The van der Waals surface area contributed by atoms with Crippen LogP contribution in [0.15, 0.2) is 0 Å². The third kappa shape index (κ3) is 0.598. The molecule has 0 spiro atoms. The first-order chi connectivity index (χ1) is 3.84. The van der Waals surface area contributed by atoms with Gasteiger partial charge in [0, 0.05) is 0 Å². The quantitative estimate of drug-likeness (QED) is 0.454. The first-order valence-corrected chi connectivity index (χ1v) is 2.09. The maximum Gasteiger partial charge on any atom is 0.221 e. The second-order valence-corrected chi connectivity index (χ2v) is 1.32. The number of carbonyl (C=O) groups is 1. The number of hydrogen-bond donors (Lipinski definition) is 0. The third-order valence-corrected chi connectivity index (χ3v) is 0.801. The van der Waals surface area contributed by atoms with Gasteiger partial charge in [-0.05, 0) is 6.92 Å². The van der Waals surface area contributed by atoms with E-state index in [1.165, 1.54) is 4.57 Å². The lowest BCUT2D eigenvalue weighted by Gasteiger charge is -1.82. The molecule has 8 heavy (non-hydrogen) atoms. The molecular formula is C4H4N3O. The molecule has 1 heterocycles. The van der Waals surface area contributed by atoms with Gasteiger partial charge < -0.3 is 0 Å². The first kappa shape index (κ1) is 4.96. The highest BCUT2D eigenvalue weighted by Gasteiger charge is 1.92. The molecule has 1 aromatic heterocycles. The second-order valence-electron chi connectivity index (χ2n) is 1.32. The van der Waals surface area contributed by atoms with Crippen molar-refractivity contribution in [1.29, 1.82) is 0 Å². The lowest BCUT2D eigenvalue weighted by atomic mass is 10.7. The van der Waals surface area contributed by atoms with E-state index in [1.807, 2.05) is 0 Å². The normalized spacial score (nSPS) is 9.12. The summed E-state index contributed by atoms with van der Waals surface area (Å²) in [5.41, 5.74) is 0. The van der Waals surface area contributed by atoms with Crippen LogP contribution in [-0.2, 0) is 4.79 Å². The summed E-state index contributed by atoms with van der Waals surface area (Å²) >= 11 is 0. The average molecular weight is 110 g/mol. The SMILES string of the molecule is Cc1nn[c]n1C=O. The summed E-state index contributed by atoms with van der Waals surface area (Å²) in [6.07, 6.45) is 2.95. The van der Waals surface area contributed by atoms with Gasteiger partial charge in [0.15, 0.2) is 0 Å². The molecular weight excluding hydrogens is 106 g/mol. The van der Waals surface area contributed by atoms with Crippen molar-refractivity contribution in [1.82, 2.24) is 14.8 Å². The largest absolute Gasteiger partial charge is 0.278 e. The van der Waals surface area contributed by atoms with Gasteiger partial charge in [-0.1, -0.05) is 0 Å². The third-order valence-electron chi connectivity index (χ3n) is 0.801. The number of rotatable bonds is 1. The summed E-state index contributed by atoms with van der Waals surface area (Å²) in [5.74, 6) is 0.556. The number of hydrogen-bond acceptors (Lipinski definition) is 3. The van der Waals surface area contributed by atoms with Crippen LogP contribution in [0, 0.1) is 13.3 Å². The fraction of sp³-hybridized carbons (Fsp3) is 0.250. The molecule has 0 aromatic carbocycles. The van der Waals surface area contributed by atoms with E-state index in [4.69, 9.17) is 0 Å². The van der Waals surface area contributed by atoms with E-state index >= 15 is 0 Å². The molecule has 0 saturated carbocycles. The predicted molar refractivity (Wildman–Crippen MR) is 25.7 cm³/mol. The summed E-state index contributed by atoms with van der Waals surface area (Å²) < 4.78 is 1.18. The molecule has 4 nitrogen and oxygen atoms in total. The zero-order valence-corrected chi connectivity index (χ0v) is 4.33. The molecule has 1 aromatic rings. The Morgan fingerprint density at radius 1 is 1.88 bits per heavy atom. The van der Waals surface area contributed by atoms with Crippen molar-refractivity contribution in [3.05, 3.63) is 12.2 Å². The van der Waals surface area contributed by atoms with Crippen LogP contribution < -0.4 is 0 Å². The summed E-state index contributed by atoms with van der Waals surface area (Å²) in [4.78, 5) is 9.94. The number of aromatic nitrogens is 3. The first-order valence-electron chi connectivity index (χ1n) is 2.09. The van der Waals surface area contributed by atoms with Crippen molar-refractivity contribution >= 4 is 6.41 Å². The highest BCUT2D eigenvalue weighted by Crippen LogP contribution is 1.82. The Kier molecular flexibility index (Phi) is 1.07. The Morgan fingerprint density at radius 3 is 2.88 bits per heavy atom. The fourth-order valence-electron chi connectivity index (χ4n) is 0.363. The van der Waals surface area contributed by atoms with Crippen LogP contribution in [0.5, 0.6) is 0 Å². The minimum atomic E-state index is 0.556. The van der Waals surface area contributed by atoms with Crippen LogP contribution in [0.1, 0.15) is 5.82 Å². The topological polar surface area (TPSA) is 47.8 Å². The van der Waals surface area contributed by atoms with E-state index in [1.54, 1.807) is 6.92 Å². The molecule has 0 saturated heterocycles. The van der Waals surface area contributed by atoms with Crippen molar-refractivity contribution in [3.8, 4) is 0 Å². The molecule has 0 N–H and O–H groups in total. The molecule has 41 valence electrons. The lowest BCUT2D eigenvalue weighted by molar-refractivity contribution is 0.545. The highest BCUT2D eigenvalue weighted by molar-refractivity contribution is 5.51. The van der Waals surface area contributed by atoms with Crippen molar-refractivity contribution in [2.75, 3.05) is 0 Å². The van der Waals surface area contributed by atoms with Crippen LogP contribution in [0.2, 0.25) is 0 Å². The van der Waals surface area contributed by atoms with E-state index in [0.29, 0.717) is 12.2 Å². The fourth-order valence-corrected chi connectivity index (χ4v) is 0.363. The maximum absolute atomic E-state index is 9.94. The van der Waals surface area contributed by atoms with Gasteiger partial charge in [0.25, 0.3) is 0 Å². The van der Waals surface area contributed by atoms with E-state index in [-0.39, 0.29) is 0 Å². The van der Waals surface area contributed by atoms with E-state index in [2.05, 4.69) is 16.5 Å². The number of carbonyl (C=O) groups excluding carboxylic acids is 1. The van der Waals surface area contributed by atoms with Crippen LogP contribution in [-0.4, -0.2) is 21.2 Å². The Hall–Kier alpha value is -1.19. The van der Waals surface area contributed by atoms with Crippen molar-refractivity contribution in [3.63, 3.8) is 0 Å². The maximum atomic E-state index is 9.94. The molecule has 0 atom stereocenters. The van der Waals surface area contributed by atoms with E-state index in [9.17, 15) is 4.79 Å². The minimum absolute atomic E-state index is 0.556. The van der Waals surface area contributed by atoms with Gasteiger partial charge in [-0.3, -0.25) is 4.79 Å². The minimum Gasteiger partial charge on any atom is -0.278 e. The summed E-state index contributed by atoms with van der Waals surface area (Å²) in [6.45, 7) is 1.68. The zero-order valence-electron chi connectivity index (χ0n) is 4.33. The smallest absolute Gasteiger partial charge is 0.221 e. The standard InChI is InChI=1S/C4H4N3O/c1-4-6-5-2-7(4)3-8/h3H,1H3. The molecule has 4 heteroatoms. The second kappa shape index (κ2) is 1.73. The molecule has 0 unspecified atom stereocenters. The van der Waals surface area contributed by atoms with Crippen LogP contribution >= 0.6 is 0 Å². The van der Waals surface area contributed by atoms with Crippen LogP contribution in [0.4, 0.5) is 0 Å². The van der Waals surface area contributed by atoms with Crippen molar-refractivity contribution < 1.29 is 4.79 Å². The van der Waals surface area contributed by atoms with Gasteiger partial charge >= 0.3 is 0 Å². The molecule has 0 amide bonds. The highest BCUT2D eigenvalue weighted by atomic mass is 16.1. The van der Waals surface area contributed by atoms with Crippen molar-refractivity contribution in [2.45, 2.75) is 6.92 Å². The van der Waals surface area contributed by atoms with Gasteiger partial charge in [-0.2, -0.15) is 0 Å².